The van der Waals surface area contributed by atoms with Crippen molar-refractivity contribution in [3.8, 4) is 0 Å². The van der Waals surface area contributed by atoms with Crippen molar-refractivity contribution < 1.29 is 31.5 Å². The minimum absolute atomic E-state index is 0.0146. The van der Waals surface area contributed by atoms with Gasteiger partial charge in [0.15, 0.2) is 9.84 Å². The third kappa shape index (κ3) is 4.92. The lowest BCUT2D eigenvalue weighted by Crippen LogP contribution is -2.49. The minimum Gasteiger partial charge on any atom is -0.459 e. The van der Waals surface area contributed by atoms with Gasteiger partial charge in [-0.15, -0.1) is 0 Å². The maximum Gasteiger partial charge on any atom is 0.325 e. The Balaban J connectivity index is 1.79. The van der Waals surface area contributed by atoms with E-state index in [-0.39, 0.29) is 12.2 Å². The molecule has 3 rings (SSSR count). The zero-order valence-corrected chi connectivity index (χ0v) is 15.5. The minimum atomic E-state index is -3.77. The molecule has 0 unspecified atom stereocenters. The first-order valence-corrected chi connectivity index (χ1v) is 10.2. The quantitative estimate of drug-likeness (QED) is 0.706. The van der Waals surface area contributed by atoms with E-state index in [1.807, 2.05) is 0 Å². The van der Waals surface area contributed by atoms with Crippen LogP contribution in [0.3, 0.4) is 0 Å². The number of sulfone groups is 1. The molecule has 0 N–H and O–H groups in total. The highest BCUT2D eigenvalue weighted by atomic mass is 32.2. The highest BCUT2D eigenvalue weighted by molar-refractivity contribution is 7.92. The molecule has 0 bridgehead atoms. The van der Waals surface area contributed by atoms with Crippen LogP contribution < -0.4 is 0 Å². The van der Waals surface area contributed by atoms with Crippen LogP contribution in [0, 0.1) is 11.6 Å². The Hall–Kier alpha value is -2.81. The van der Waals surface area contributed by atoms with E-state index in [4.69, 9.17) is 4.74 Å². The first-order chi connectivity index (χ1) is 13.2. The molecule has 0 spiro atoms. The van der Waals surface area contributed by atoms with Gasteiger partial charge in [-0.3, -0.25) is 9.59 Å². The van der Waals surface area contributed by atoms with Gasteiger partial charge in [0.05, 0.1) is 11.8 Å². The van der Waals surface area contributed by atoms with Crippen LogP contribution in [0.4, 0.5) is 8.78 Å². The van der Waals surface area contributed by atoms with Crippen molar-refractivity contribution >= 4 is 21.7 Å². The Morgan fingerprint density at radius 3 is 2.39 bits per heavy atom. The largest absolute Gasteiger partial charge is 0.459 e. The molecule has 28 heavy (non-hydrogen) atoms. The van der Waals surface area contributed by atoms with Crippen molar-refractivity contribution in [1.82, 2.24) is 4.90 Å². The number of carbonyl (C=O) groups excluding carboxylic acids is 2. The third-order valence-electron chi connectivity index (χ3n) is 4.26. The Kier molecular flexibility index (Phi) is 5.73. The van der Waals surface area contributed by atoms with Crippen LogP contribution in [-0.2, 0) is 30.8 Å². The van der Waals surface area contributed by atoms with E-state index in [1.165, 1.54) is 0 Å². The predicted molar refractivity (Wildman–Crippen MR) is 95.7 cm³/mol. The van der Waals surface area contributed by atoms with Crippen LogP contribution in [0.15, 0.2) is 48.5 Å². The van der Waals surface area contributed by atoms with Crippen LogP contribution in [0.1, 0.15) is 17.2 Å². The summed E-state index contributed by atoms with van der Waals surface area (Å²) in [6.45, 7) is -0.538. The maximum atomic E-state index is 13.6. The molecular weight excluding hydrogens is 392 g/mol. The molecule has 1 heterocycles. The van der Waals surface area contributed by atoms with Crippen LogP contribution in [-0.4, -0.2) is 43.2 Å². The van der Waals surface area contributed by atoms with Gasteiger partial charge in [-0.05, 0) is 23.3 Å². The Morgan fingerprint density at radius 1 is 1.11 bits per heavy atom. The maximum absolute atomic E-state index is 13.6. The number of ether oxygens (including phenoxy) is 1. The van der Waals surface area contributed by atoms with Crippen LogP contribution >= 0.6 is 0 Å². The second-order valence-electron chi connectivity index (χ2n) is 6.44. The predicted octanol–water partition coefficient (Wildman–Crippen LogP) is 2.01. The van der Waals surface area contributed by atoms with Gasteiger partial charge in [0.1, 0.15) is 30.5 Å². The van der Waals surface area contributed by atoms with E-state index in [9.17, 15) is 26.8 Å². The first kappa shape index (κ1) is 19.9. The standard InChI is InChI=1S/C19H17F2NO5S/c20-15-6-14(7-16(21)8-15)17-11-28(25,26)12-18(23)22(17)9-19(24)27-10-13-4-2-1-3-5-13/h1-8,17H,9-12H2/t17-/m0/s1. The van der Waals surface area contributed by atoms with Gasteiger partial charge < -0.3 is 9.64 Å². The summed E-state index contributed by atoms with van der Waals surface area (Å²) in [7, 11) is -3.77. The van der Waals surface area contributed by atoms with Crippen LogP contribution in [0.25, 0.3) is 0 Å². The van der Waals surface area contributed by atoms with Crippen molar-refractivity contribution in [3.63, 3.8) is 0 Å². The molecule has 1 fully saturated rings. The number of rotatable bonds is 5. The van der Waals surface area contributed by atoms with Gasteiger partial charge >= 0.3 is 5.97 Å². The van der Waals surface area contributed by atoms with E-state index in [0.29, 0.717) is 6.07 Å². The van der Waals surface area contributed by atoms with Gasteiger partial charge in [-0.2, -0.15) is 0 Å². The molecule has 1 amide bonds. The Labute approximate surface area is 160 Å². The monoisotopic (exact) mass is 409 g/mol. The molecule has 1 saturated heterocycles. The molecule has 1 aliphatic rings. The van der Waals surface area contributed by atoms with E-state index in [1.54, 1.807) is 30.3 Å². The molecule has 0 aromatic heterocycles. The summed E-state index contributed by atoms with van der Waals surface area (Å²) >= 11 is 0. The van der Waals surface area contributed by atoms with Gasteiger partial charge in [-0.25, -0.2) is 17.2 Å². The van der Waals surface area contributed by atoms with Crippen molar-refractivity contribution in [2.75, 3.05) is 18.1 Å². The number of esters is 1. The van der Waals surface area contributed by atoms with Crippen LogP contribution in [0.5, 0.6) is 0 Å². The van der Waals surface area contributed by atoms with Crippen LogP contribution in [0.2, 0.25) is 0 Å². The summed E-state index contributed by atoms with van der Waals surface area (Å²) < 4.78 is 56.3. The number of halogens is 2. The summed E-state index contributed by atoms with van der Waals surface area (Å²) in [5, 5.41) is 0. The molecule has 148 valence electrons. The van der Waals surface area contributed by atoms with Gasteiger partial charge in [0, 0.05) is 6.07 Å². The average Bonchev–Trinajstić information content (AvgIpc) is 2.61. The van der Waals surface area contributed by atoms with E-state index in [0.717, 1.165) is 22.6 Å². The van der Waals surface area contributed by atoms with Gasteiger partial charge in [0.2, 0.25) is 5.91 Å². The number of amides is 1. The van der Waals surface area contributed by atoms with E-state index >= 15 is 0 Å². The molecule has 2 aromatic carbocycles. The summed E-state index contributed by atoms with van der Waals surface area (Å²) in [5.74, 6) is -4.69. The fourth-order valence-electron chi connectivity index (χ4n) is 3.00. The molecular formula is C19H17F2NO5S. The van der Waals surface area contributed by atoms with Crippen molar-refractivity contribution in [2.24, 2.45) is 0 Å². The summed E-state index contributed by atoms with van der Waals surface area (Å²) in [6.07, 6.45) is 0. The molecule has 1 aliphatic heterocycles. The van der Waals surface area contributed by atoms with Crippen molar-refractivity contribution in [1.29, 1.82) is 0 Å². The fourth-order valence-corrected chi connectivity index (χ4v) is 4.51. The normalized spacial score (nSPS) is 18.7. The zero-order chi connectivity index (χ0) is 20.3. The number of hydrogen-bond acceptors (Lipinski definition) is 5. The van der Waals surface area contributed by atoms with E-state index < -0.39 is 57.4 Å². The lowest BCUT2D eigenvalue weighted by molar-refractivity contribution is -0.151. The SMILES string of the molecule is O=C(CN1C(=O)CS(=O)(=O)C[C@H]1c1cc(F)cc(F)c1)OCc1ccccc1. The van der Waals surface area contributed by atoms with Gasteiger partial charge in [0.25, 0.3) is 0 Å². The first-order valence-electron chi connectivity index (χ1n) is 8.39. The van der Waals surface area contributed by atoms with Crippen molar-refractivity contribution in [2.45, 2.75) is 12.6 Å². The lowest BCUT2D eigenvalue weighted by atomic mass is 10.1. The smallest absolute Gasteiger partial charge is 0.325 e. The lowest BCUT2D eigenvalue weighted by Gasteiger charge is -2.35. The number of benzene rings is 2. The van der Waals surface area contributed by atoms with Gasteiger partial charge in [-0.1, -0.05) is 30.3 Å². The second-order valence-corrected chi connectivity index (χ2v) is 8.55. The molecule has 0 aliphatic carbocycles. The highest BCUT2D eigenvalue weighted by Crippen LogP contribution is 2.28. The number of carbonyl (C=O) groups is 2. The average molecular weight is 409 g/mol. The zero-order valence-electron chi connectivity index (χ0n) is 14.7. The summed E-state index contributed by atoms with van der Waals surface area (Å²) in [5.41, 5.74) is 0.706. The Morgan fingerprint density at radius 2 is 1.75 bits per heavy atom. The number of hydrogen-bond donors (Lipinski definition) is 0. The number of nitrogens with zero attached hydrogens (tertiary/aromatic N) is 1. The molecule has 6 nitrogen and oxygen atoms in total. The summed E-state index contributed by atoms with van der Waals surface area (Å²) in [6, 6.07) is 10.2. The molecule has 1 atom stereocenters. The Bertz CT molecular complexity index is 974. The molecule has 0 radical (unpaired) electrons. The molecule has 0 saturated carbocycles. The summed E-state index contributed by atoms with van der Waals surface area (Å²) in [4.78, 5) is 25.5. The fraction of sp³-hybridized carbons (Fsp3) is 0.263. The highest BCUT2D eigenvalue weighted by Gasteiger charge is 2.39. The van der Waals surface area contributed by atoms with Crippen molar-refractivity contribution in [3.05, 3.63) is 71.3 Å². The third-order valence-corrected chi connectivity index (χ3v) is 5.77. The molecule has 9 heteroatoms. The topological polar surface area (TPSA) is 80.8 Å². The van der Waals surface area contributed by atoms with E-state index in [2.05, 4.69) is 0 Å². The molecule has 2 aromatic rings. The second kappa shape index (κ2) is 8.05.